The van der Waals surface area contributed by atoms with Crippen LogP contribution in [0, 0.1) is 11.6 Å². The zero-order chi connectivity index (χ0) is 13.8. The molecule has 19 heavy (non-hydrogen) atoms. The van der Waals surface area contributed by atoms with Crippen molar-refractivity contribution in [2.45, 2.75) is 5.75 Å². The van der Waals surface area contributed by atoms with E-state index in [0.29, 0.717) is 11.6 Å². The van der Waals surface area contributed by atoms with Crippen molar-refractivity contribution in [1.29, 1.82) is 0 Å². The number of aromatic nitrogens is 2. The highest BCUT2D eigenvalue weighted by Gasteiger charge is 2.11. The Labute approximate surface area is 118 Å². The SMILES string of the molecule is CSCc1ncc(Oc2ccc(F)cc2F)c(Cl)n1. The summed E-state index contributed by atoms with van der Waals surface area (Å²) in [7, 11) is 0. The van der Waals surface area contributed by atoms with E-state index >= 15 is 0 Å². The van der Waals surface area contributed by atoms with Crippen LogP contribution in [0.3, 0.4) is 0 Å². The maximum atomic E-state index is 13.4. The van der Waals surface area contributed by atoms with E-state index in [-0.39, 0.29) is 16.7 Å². The van der Waals surface area contributed by atoms with E-state index in [1.54, 1.807) is 11.8 Å². The minimum Gasteiger partial charge on any atom is -0.449 e. The second-order valence-corrected chi connectivity index (χ2v) is 4.78. The molecule has 0 radical (unpaired) electrons. The lowest BCUT2D eigenvalue weighted by atomic mass is 10.3. The van der Waals surface area contributed by atoms with E-state index in [4.69, 9.17) is 16.3 Å². The molecule has 1 aromatic carbocycles. The summed E-state index contributed by atoms with van der Waals surface area (Å²) >= 11 is 7.47. The summed E-state index contributed by atoms with van der Waals surface area (Å²) in [6.45, 7) is 0. The molecule has 2 rings (SSSR count). The Kier molecular flexibility index (Phi) is 4.55. The maximum absolute atomic E-state index is 13.4. The first-order chi connectivity index (χ1) is 9.10. The largest absolute Gasteiger partial charge is 0.449 e. The lowest BCUT2D eigenvalue weighted by Crippen LogP contribution is -1.96. The molecule has 0 fully saturated rings. The van der Waals surface area contributed by atoms with E-state index in [9.17, 15) is 8.78 Å². The molecule has 0 saturated carbocycles. The quantitative estimate of drug-likeness (QED) is 0.798. The average Bonchev–Trinajstić information content (AvgIpc) is 2.36. The van der Waals surface area contributed by atoms with Gasteiger partial charge in [-0.3, -0.25) is 0 Å². The Bertz CT molecular complexity index is 598. The van der Waals surface area contributed by atoms with Gasteiger partial charge in [0.2, 0.25) is 0 Å². The molecule has 0 spiro atoms. The fourth-order valence-electron chi connectivity index (χ4n) is 1.33. The standard InChI is InChI=1S/C12H9ClF2N2OS/c1-19-6-11-16-5-10(12(13)17-11)18-9-3-2-7(14)4-8(9)15/h2-5H,6H2,1H3. The van der Waals surface area contributed by atoms with Crippen LogP contribution in [0.25, 0.3) is 0 Å². The molecule has 0 saturated heterocycles. The minimum atomic E-state index is -0.816. The monoisotopic (exact) mass is 302 g/mol. The molecule has 100 valence electrons. The van der Waals surface area contributed by atoms with Crippen molar-refractivity contribution in [2.24, 2.45) is 0 Å². The van der Waals surface area contributed by atoms with E-state index in [1.807, 2.05) is 6.26 Å². The van der Waals surface area contributed by atoms with Crippen LogP contribution in [-0.4, -0.2) is 16.2 Å². The summed E-state index contributed by atoms with van der Waals surface area (Å²) in [5, 5.41) is 0.0859. The van der Waals surface area contributed by atoms with Crippen molar-refractivity contribution in [3.63, 3.8) is 0 Å². The topological polar surface area (TPSA) is 35.0 Å². The highest BCUT2D eigenvalue weighted by molar-refractivity contribution is 7.97. The van der Waals surface area contributed by atoms with Crippen LogP contribution >= 0.6 is 23.4 Å². The summed E-state index contributed by atoms with van der Waals surface area (Å²) in [6, 6.07) is 3.00. The lowest BCUT2D eigenvalue weighted by molar-refractivity contribution is 0.434. The fourth-order valence-corrected chi connectivity index (χ4v) is 1.91. The van der Waals surface area contributed by atoms with Gasteiger partial charge < -0.3 is 4.74 Å². The predicted octanol–water partition coefficient (Wildman–Crippen LogP) is 4.06. The zero-order valence-corrected chi connectivity index (χ0v) is 11.4. The molecule has 1 heterocycles. The smallest absolute Gasteiger partial charge is 0.183 e. The number of rotatable bonds is 4. The third kappa shape index (κ3) is 3.54. The predicted molar refractivity (Wildman–Crippen MR) is 70.7 cm³/mol. The third-order valence-electron chi connectivity index (χ3n) is 2.15. The molecule has 0 amide bonds. The Morgan fingerprint density at radius 1 is 1.32 bits per heavy atom. The molecule has 0 aliphatic heterocycles. The van der Waals surface area contributed by atoms with Crippen LogP contribution in [0.15, 0.2) is 24.4 Å². The molecular weight excluding hydrogens is 294 g/mol. The summed E-state index contributed by atoms with van der Waals surface area (Å²) in [6.07, 6.45) is 3.28. The van der Waals surface area contributed by atoms with Crippen LogP contribution in [-0.2, 0) is 5.75 Å². The number of nitrogens with zero attached hydrogens (tertiary/aromatic N) is 2. The molecule has 7 heteroatoms. The van der Waals surface area contributed by atoms with Gasteiger partial charge in [0.1, 0.15) is 11.6 Å². The van der Waals surface area contributed by atoms with Crippen LogP contribution in [0.2, 0.25) is 5.15 Å². The number of hydrogen-bond donors (Lipinski definition) is 0. The Balaban J connectivity index is 2.23. The van der Waals surface area contributed by atoms with Crippen molar-refractivity contribution >= 4 is 23.4 Å². The van der Waals surface area contributed by atoms with Gasteiger partial charge in [-0.25, -0.2) is 18.7 Å². The van der Waals surface area contributed by atoms with Crippen LogP contribution in [0.1, 0.15) is 5.82 Å². The van der Waals surface area contributed by atoms with E-state index in [2.05, 4.69) is 9.97 Å². The second kappa shape index (κ2) is 6.16. The number of hydrogen-bond acceptors (Lipinski definition) is 4. The van der Waals surface area contributed by atoms with E-state index in [1.165, 1.54) is 12.3 Å². The minimum absolute atomic E-state index is 0.0859. The number of ether oxygens (including phenoxy) is 1. The molecule has 0 bridgehead atoms. The van der Waals surface area contributed by atoms with Crippen molar-refractivity contribution in [3.8, 4) is 11.5 Å². The summed E-state index contributed by atoms with van der Waals surface area (Å²) in [5.74, 6) is -0.331. The molecule has 2 aromatic rings. The van der Waals surface area contributed by atoms with Crippen molar-refractivity contribution in [2.75, 3.05) is 6.26 Å². The maximum Gasteiger partial charge on any atom is 0.183 e. The molecule has 1 aromatic heterocycles. The van der Waals surface area contributed by atoms with E-state index < -0.39 is 11.6 Å². The van der Waals surface area contributed by atoms with Gasteiger partial charge in [-0.15, -0.1) is 0 Å². The molecule has 0 aliphatic carbocycles. The van der Waals surface area contributed by atoms with Gasteiger partial charge in [-0.05, 0) is 18.4 Å². The van der Waals surface area contributed by atoms with Gasteiger partial charge in [0.25, 0.3) is 0 Å². The van der Waals surface area contributed by atoms with Crippen molar-refractivity contribution in [1.82, 2.24) is 9.97 Å². The molecule has 0 atom stereocenters. The van der Waals surface area contributed by atoms with Gasteiger partial charge in [-0.1, -0.05) is 11.6 Å². The summed E-state index contributed by atoms with van der Waals surface area (Å²) < 4.78 is 31.4. The van der Waals surface area contributed by atoms with Crippen LogP contribution < -0.4 is 4.74 Å². The molecule has 0 aliphatic rings. The van der Waals surface area contributed by atoms with Crippen LogP contribution in [0.4, 0.5) is 8.78 Å². The summed E-state index contributed by atoms with van der Waals surface area (Å²) in [5.41, 5.74) is 0. The van der Waals surface area contributed by atoms with Gasteiger partial charge in [0.15, 0.2) is 22.5 Å². The Morgan fingerprint density at radius 2 is 2.11 bits per heavy atom. The van der Waals surface area contributed by atoms with Crippen molar-refractivity contribution < 1.29 is 13.5 Å². The first kappa shape index (κ1) is 14.0. The second-order valence-electron chi connectivity index (χ2n) is 3.55. The Morgan fingerprint density at radius 3 is 2.74 bits per heavy atom. The zero-order valence-electron chi connectivity index (χ0n) is 9.86. The molecule has 3 nitrogen and oxygen atoms in total. The van der Waals surface area contributed by atoms with Gasteiger partial charge in [0.05, 0.1) is 11.9 Å². The molecule has 0 N–H and O–H groups in total. The first-order valence-electron chi connectivity index (χ1n) is 5.23. The average molecular weight is 303 g/mol. The van der Waals surface area contributed by atoms with E-state index in [0.717, 1.165) is 12.1 Å². The van der Waals surface area contributed by atoms with Gasteiger partial charge in [-0.2, -0.15) is 11.8 Å². The highest BCUT2D eigenvalue weighted by atomic mass is 35.5. The highest BCUT2D eigenvalue weighted by Crippen LogP contribution is 2.29. The Hall–Kier alpha value is -1.40. The lowest BCUT2D eigenvalue weighted by Gasteiger charge is -2.08. The summed E-state index contributed by atoms with van der Waals surface area (Å²) in [4.78, 5) is 8.05. The number of benzene rings is 1. The van der Waals surface area contributed by atoms with Gasteiger partial charge in [0, 0.05) is 6.07 Å². The van der Waals surface area contributed by atoms with Gasteiger partial charge >= 0.3 is 0 Å². The van der Waals surface area contributed by atoms with Crippen molar-refractivity contribution in [3.05, 3.63) is 47.0 Å². The third-order valence-corrected chi connectivity index (χ3v) is 2.97. The normalized spacial score (nSPS) is 10.5. The molecular formula is C12H9ClF2N2OS. The number of halogens is 3. The fraction of sp³-hybridized carbons (Fsp3) is 0.167. The van der Waals surface area contributed by atoms with Crippen LogP contribution in [0.5, 0.6) is 11.5 Å². The first-order valence-corrected chi connectivity index (χ1v) is 7.00. The number of thioether (sulfide) groups is 1. The molecule has 0 unspecified atom stereocenters.